The van der Waals surface area contributed by atoms with E-state index in [1.165, 1.54) is 0 Å². The largest absolute Gasteiger partial charge is 0.391 e. The number of nitrogens with zero attached hydrogens (tertiary/aromatic N) is 1. The fourth-order valence-electron chi connectivity index (χ4n) is 1.53. The van der Waals surface area contributed by atoms with Crippen LogP contribution in [0.25, 0.3) is 4.85 Å². The van der Waals surface area contributed by atoms with Gasteiger partial charge >= 0.3 is 6.18 Å². The number of alkyl halides is 3. The molecule has 0 spiro atoms. The molecule has 4 heteroatoms. The van der Waals surface area contributed by atoms with Gasteiger partial charge in [-0.3, -0.25) is 0 Å². The molecule has 1 fully saturated rings. The maximum Gasteiger partial charge on any atom is 0.391 e. The number of halogens is 3. The molecule has 68 valence electrons. The SMILES string of the molecule is [C-]#[N+]C1CCC(C(F)(F)F)CC1. The molecule has 1 rings (SSSR count). The molecule has 0 unspecified atom stereocenters. The smallest absolute Gasteiger partial charge is 0.314 e. The van der Waals surface area contributed by atoms with E-state index in [4.69, 9.17) is 6.57 Å². The van der Waals surface area contributed by atoms with Crippen molar-refractivity contribution in [1.29, 1.82) is 0 Å². The van der Waals surface area contributed by atoms with E-state index in [9.17, 15) is 13.2 Å². The van der Waals surface area contributed by atoms with Crippen LogP contribution in [0.2, 0.25) is 0 Å². The van der Waals surface area contributed by atoms with E-state index in [1.54, 1.807) is 0 Å². The first kappa shape index (κ1) is 9.37. The minimum Gasteiger partial charge on any atom is -0.314 e. The average molecular weight is 177 g/mol. The Morgan fingerprint density at radius 1 is 1.08 bits per heavy atom. The van der Waals surface area contributed by atoms with Crippen LogP contribution in [0.4, 0.5) is 13.2 Å². The lowest BCUT2D eigenvalue weighted by Crippen LogP contribution is -2.28. The minimum atomic E-state index is -4.05. The summed E-state index contributed by atoms with van der Waals surface area (Å²) in [6.45, 7) is 6.66. The van der Waals surface area contributed by atoms with E-state index in [1.807, 2.05) is 0 Å². The normalized spacial score (nSPS) is 31.2. The van der Waals surface area contributed by atoms with Gasteiger partial charge in [0, 0.05) is 12.8 Å². The van der Waals surface area contributed by atoms with E-state index in [0.29, 0.717) is 12.8 Å². The van der Waals surface area contributed by atoms with Crippen molar-refractivity contribution in [3.05, 3.63) is 11.4 Å². The molecular formula is C8H10F3N. The van der Waals surface area contributed by atoms with Crippen LogP contribution in [0.15, 0.2) is 0 Å². The third kappa shape index (κ3) is 2.13. The fourth-order valence-corrected chi connectivity index (χ4v) is 1.53. The van der Waals surface area contributed by atoms with Crippen molar-refractivity contribution in [1.82, 2.24) is 0 Å². The summed E-state index contributed by atoms with van der Waals surface area (Å²) < 4.78 is 36.3. The summed E-state index contributed by atoms with van der Waals surface area (Å²) in [5.41, 5.74) is 0. The lowest BCUT2D eigenvalue weighted by Gasteiger charge is -2.24. The first-order valence-corrected chi connectivity index (χ1v) is 3.97. The summed E-state index contributed by atoms with van der Waals surface area (Å²) >= 11 is 0. The van der Waals surface area contributed by atoms with Crippen LogP contribution in [0.1, 0.15) is 25.7 Å². The zero-order valence-electron chi connectivity index (χ0n) is 6.56. The van der Waals surface area contributed by atoms with Gasteiger partial charge in [-0.25, -0.2) is 6.57 Å². The van der Waals surface area contributed by atoms with Crippen molar-refractivity contribution < 1.29 is 13.2 Å². The average Bonchev–Trinajstić information content (AvgIpc) is 2.03. The van der Waals surface area contributed by atoms with Crippen LogP contribution in [-0.2, 0) is 0 Å². The van der Waals surface area contributed by atoms with Gasteiger partial charge in [-0.1, -0.05) is 0 Å². The zero-order chi connectivity index (χ0) is 9.19. The van der Waals surface area contributed by atoms with Gasteiger partial charge in [-0.15, -0.1) is 0 Å². The summed E-state index contributed by atoms with van der Waals surface area (Å²) in [4.78, 5) is 3.25. The first-order valence-electron chi connectivity index (χ1n) is 3.97. The van der Waals surface area contributed by atoms with Gasteiger partial charge in [-0.2, -0.15) is 13.2 Å². The molecule has 0 saturated heterocycles. The van der Waals surface area contributed by atoms with Crippen LogP contribution in [-0.4, -0.2) is 12.2 Å². The Kier molecular flexibility index (Phi) is 2.61. The van der Waals surface area contributed by atoms with Crippen LogP contribution in [0.3, 0.4) is 0 Å². The van der Waals surface area contributed by atoms with Gasteiger partial charge in [0.2, 0.25) is 6.04 Å². The Hall–Kier alpha value is -0.720. The molecule has 0 N–H and O–H groups in total. The van der Waals surface area contributed by atoms with Gasteiger partial charge < -0.3 is 4.85 Å². The third-order valence-electron chi connectivity index (χ3n) is 2.34. The molecule has 0 amide bonds. The van der Waals surface area contributed by atoms with Gasteiger partial charge in [0.05, 0.1) is 5.92 Å². The topological polar surface area (TPSA) is 4.36 Å². The van der Waals surface area contributed by atoms with E-state index in [-0.39, 0.29) is 18.9 Å². The van der Waals surface area contributed by atoms with Crippen molar-refractivity contribution in [2.45, 2.75) is 37.9 Å². The summed E-state index contributed by atoms with van der Waals surface area (Å²) in [5.74, 6) is -1.16. The molecule has 0 aromatic heterocycles. The molecule has 1 aliphatic rings. The van der Waals surface area contributed by atoms with Gasteiger partial charge in [-0.05, 0) is 12.8 Å². The first-order chi connectivity index (χ1) is 5.54. The fraction of sp³-hybridized carbons (Fsp3) is 0.875. The van der Waals surface area contributed by atoms with Gasteiger partial charge in [0.25, 0.3) is 0 Å². The highest BCUT2D eigenvalue weighted by atomic mass is 19.4. The highest BCUT2D eigenvalue weighted by molar-refractivity contribution is 4.86. The highest BCUT2D eigenvalue weighted by Crippen LogP contribution is 2.38. The number of hydrogen-bond donors (Lipinski definition) is 0. The van der Waals surface area contributed by atoms with Gasteiger partial charge in [0.15, 0.2) is 0 Å². The Morgan fingerprint density at radius 3 is 1.92 bits per heavy atom. The quantitative estimate of drug-likeness (QED) is 0.501. The van der Waals surface area contributed by atoms with Crippen molar-refractivity contribution >= 4 is 0 Å². The number of hydrogen-bond acceptors (Lipinski definition) is 0. The predicted molar refractivity (Wildman–Crippen MR) is 38.4 cm³/mol. The lowest BCUT2D eigenvalue weighted by atomic mass is 9.86. The standard InChI is InChI=1S/C8H10F3N/c1-12-7-4-2-6(3-5-7)8(9,10)11/h6-7H,2-5H2. The zero-order valence-corrected chi connectivity index (χ0v) is 6.56. The minimum absolute atomic E-state index is 0.135. The van der Waals surface area contributed by atoms with Crippen LogP contribution in [0, 0.1) is 12.5 Å². The molecule has 0 heterocycles. The van der Waals surface area contributed by atoms with Crippen molar-refractivity contribution in [2.75, 3.05) is 0 Å². The summed E-state index contributed by atoms with van der Waals surface area (Å²) in [7, 11) is 0. The van der Waals surface area contributed by atoms with Crippen LogP contribution >= 0.6 is 0 Å². The maximum atomic E-state index is 12.1. The molecule has 0 aliphatic heterocycles. The van der Waals surface area contributed by atoms with Gasteiger partial charge in [0.1, 0.15) is 0 Å². The van der Waals surface area contributed by atoms with E-state index in [0.717, 1.165) is 0 Å². The van der Waals surface area contributed by atoms with E-state index >= 15 is 0 Å². The lowest BCUT2D eigenvalue weighted by molar-refractivity contribution is -0.181. The summed E-state index contributed by atoms with van der Waals surface area (Å²) in [6.07, 6.45) is -2.96. The molecule has 0 atom stereocenters. The Labute approximate surface area is 69.4 Å². The molecular weight excluding hydrogens is 167 g/mol. The molecule has 12 heavy (non-hydrogen) atoms. The molecule has 1 nitrogen and oxygen atoms in total. The molecule has 0 radical (unpaired) electrons. The number of rotatable bonds is 0. The monoisotopic (exact) mass is 177 g/mol. The van der Waals surface area contributed by atoms with Crippen molar-refractivity contribution in [2.24, 2.45) is 5.92 Å². The van der Waals surface area contributed by atoms with E-state index in [2.05, 4.69) is 4.85 Å². The second kappa shape index (κ2) is 3.34. The third-order valence-corrected chi connectivity index (χ3v) is 2.34. The van der Waals surface area contributed by atoms with Crippen LogP contribution in [0.5, 0.6) is 0 Å². The second-order valence-corrected chi connectivity index (χ2v) is 3.18. The maximum absolute atomic E-state index is 12.1. The molecule has 0 aromatic carbocycles. The Balaban J connectivity index is 2.42. The molecule has 1 saturated carbocycles. The highest BCUT2D eigenvalue weighted by Gasteiger charge is 2.42. The Morgan fingerprint density at radius 2 is 1.58 bits per heavy atom. The Bertz CT molecular complexity index is 183. The molecule has 0 bridgehead atoms. The van der Waals surface area contributed by atoms with Crippen LogP contribution < -0.4 is 0 Å². The second-order valence-electron chi connectivity index (χ2n) is 3.18. The molecule has 0 aromatic rings. The summed E-state index contributed by atoms with van der Waals surface area (Å²) in [6, 6.07) is -0.163. The summed E-state index contributed by atoms with van der Waals surface area (Å²) in [5, 5.41) is 0. The van der Waals surface area contributed by atoms with Crippen molar-refractivity contribution in [3.63, 3.8) is 0 Å². The van der Waals surface area contributed by atoms with Crippen molar-refractivity contribution in [3.8, 4) is 0 Å². The predicted octanol–water partition coefficient (Wildman–Crippen LogP) is 3.03. The molecule has 1 aliphatic carbocycles. The van der Waals surface area contributed by atoms with E-state index < -0.39 is 12.1 Å².